The van der Waals surface area contributed by atoms with Crippen LogP contribution in [0, 0.1) is 0 Å². The Balaban J connectivity index is 1.95. The molecule has 0 aromatic carbocycles. The zero-order valence-electron chi connectivity index (χ0n) is 8.55. The normalized spacial score (nSPS) is 10.5. The average Bonchev–Trinajstić information content (AvgIpc) is 2.85. The Bertz CT molecular complexity index is 394. The van der Waals surface area contributed by atoms with Gasteiger partial charge in [0, 0.05) is 30.5 Å². The highest BCUT2D eigenvalue weighted by Crippen LogP contribution is 2.10. The molecule has 0 aliphatic carbocycles. The summed E-state index contributed by atoms with van der Waals surface area (Å²) in [7, 11) is 0. The monoisotopic (exact) mass is 223 g/mol. The van der Waals surface area contributed by atoms with Gasteiger partial charge in [-0.2, -0.15) is 0 Å². The first-order chi connectivity index (χ1) is 7.40. The summed E-state index contributed by atoms with van der Waals surface area (Å²) in [5, 5.41) is 7.97. The molecule has 2 aromatic heterocycles. The van der Waals surface area contributed by atoms with Crippen LogP contribution in [0.2, 0.25) is 0 Å². The van der Waals surface area contributed by atoms with Gasteiger partial charge in [-0.25, -0.2) is 4.98 Å². The maximum atomic E-state index is 4.30. The van der Waals surface area contributed by atoms with E-state index < -0.39 is 0 Å². The molecule has 0 unspecified atom stereocenters. The molecule has 0 bridgehead atoms. The third-order valence-corrected chi connectivity index (χ3v) is 2.67. The molecule has 0 saturated carbocycles. The SMILES string of the molecule is CCCn1ccnc1CNc1cnns1. The van der Waals surface area contributed by atoms with Gasteiger partial charge in [0.2, 0.25) is 0 Å². The molecule has 15 heavy (non-hydrogen) atoms. The molecule has 0 aliphatic heterocycles. The first-order valence-corrected chi connectivity index (χ1v) is 5.68. The number of hydrogen-bond acceptors (Lipinski definition) is 5. The van der Waals surface area contributed by atoms with Crippen molar-refractivity contribution in [3.05, 3.63) is 24.4 Å². The van der Waals surface area contributed by atoms with Gasteiger partial charge in [-0.3, -0.25) is 0 Å². The highest BCUT2D eigenvalue weighted by Gasteiger charge is 2.02. The summed E-state index contributed by atoms with van der Waals surface area (Å²) in [4.78, 5) is 4.30. The maximum Gasteiger partial charge on any atom is 0.130 e. The van der Waals surface area contributed by atoms with Crippen LogP contribution in [0.3, 0.4) is 0 Å². The smallest absolute Gasteiger partial charge is 0.130 e. The molecule has 2 heterocycles. The minimum Gasteiger partial charge on any atom is -0.367 e. The zero-order chi connectivity index (χ0) is 10.5. The molecule has 1 N–H and O–H groups in total. The van der Waals surface area contributed by atoms with E-state index in [9.17, 15) is 0 Å². The van der Waals surface area contributed by atoms with E-state index in [1.165, 1.54) is 11.5 Å². The average molecular weight is 223 g/mol. The van der Waals surface area contributed by atoms with E-state index in [4.69, 9.17) is 0 Å². The van der Waals surface area contributed by atoms with Crippen LogP contribution in [0.4, 0.5) is 5.00 Å². The molecule has 0 radical (unpaired) electrons. The van der Waals surface area contributed by atoms with Gasteiger partial charge >= 0.3 is 0 Å². The Morgan fingerprint density at radius 3 is 3.20 bits per heavy atom. The van der Waals surface area contributed by atoms with Crippen molar-refractivity contribution in [2.45, 2.75) is 26.4 Å². The third kappa shape index (κ3) is 2.53. The molecule has 0 saturated heterocycles. The molecule has 2 aromatic rings. The highest BCUT2D eigenvalue weighted by molar-refractivity contribution is 7.09. The summed E-state index contributed by atoms with van der Waals surface area (Å²) in [6, 6.07) is 0. The molecule has 0 aliphatic rings. The van der Waals surface area contributed by atoms with Crippen molar-refractivity contribution in [3.8, 4) is 0 Å². The fraction of sp³-hybridized carbons (Fsp3) is 0.444. The topological polar surface area (TPSA) is 55.6 Å². The molecule has 5 nitrogen and oxygen atoms in total. The van der Waals surface area contributed by atoms with Crippen LogP contribution in [0.1, 0.15) is 19.2 Å². The number of anilines is 1. The summed E-state index contributed by atoms with van der Waals surface area (Å²) in [6.45, 7) is 3.89. The maximum absolute atomic E-state index is 4.30. The second kappa shape index (κ2) is 4.88. The quantitative estimate of drug-likeness (QED) is 0.839. The van der Waals surface area contributed by atoms with Crippen molar-refractivity contribution in [1.82, 2.24) is 19.1 Å². The number of aromatic nitrogens is 4. The molecular formula is C9H13N5S. The second-order valence-electron chi connectivity index (χ2n) is 3.17. The standard InChI is InChI=1S/C9H13N5S/c1-2-4-14-5-3-10-8(14)6-11-9-7-12-13-15-9/h3,5,7,11H,2,4,6H2,1H3. The van der Waals surface area contributed by atoms with Crippen molar-refractivity contribution in [2.24, 2.45) is 0 Å². The lowest BCUT2D eigenvalue weighted by atomic mass is 10.4. The van der Waals surface area contributed by atoms with E-state index in [-0.39, 0.29) is 0 Å². The van der Waals surface area contributed by atoms with Gasteiger partial charge < -0.3 is 9.88 Å². The van der Waals surface area contributed by atoms with Crippen molar-refractivity contribution >= 4 is 16.5 Å². The Morgan fingerprint density at radius 1 is 1.53 bits per heavy atom. The lowest BCUT2D eigenvalue weighted by Gasteiger charge is -2.06. The number of nitrogens with one attached hydrogen (secondary N) is 1. The zero-order valence-corrected chi connectivity index (χ0v) is 9.37. The van der Waals surface area contributed by atoms with E-state index in [2.05, 4.69) is 31.4 Å². The lowest BCUT2D eigenvalue weighted by molar-refractivity contribution is 0.644. The Kier molecular flexibility index (Phi) is 3.29. The number of imidazole rings is 1. The first kappa shape index (κ1) is 10.1. The summed E-state index contributed by atoms with van der Waals surface area (Å²) in [6.07, 6.45) is 6.67. The Hall–Kier alpha value is -1.43. The van der Waals surface area contributed by atoms with E-state index in [1.807, 2.05) is 12.4 Å². The van der Waals surface area contributed by atoms with E-state index >= 15 is 0 Å². The summed E-state index contributed by atoms with van der Waals surface area (Å²) in [5.41, 5.74) is 0. The van der Waals surface area contributed by atoms with Crippen molar-refractivity contribution in [3.63, 3.8) is 0 Å². The summed E-state index contributed by atoms with van der Waals surface area (Å²) < 4.78 is 5.94. The Morgan fingerprint density at radius 2 is 2.47 bits per heavy atom. The minimum atomic E-state index is 0.719. The highest BCUT2D eigenvalue weighted by atomic mass is 32.1. The fourth-order valence-corrected chi connectivity index (χ4v) is 1.78. The van der Waals surface area contributed by atoms with Crippen LogP contribution in [-0.2, 0) is 13.1 Å². The summed E-state index contributed by atoms with van der Waals surface area (Å²) in [5.74, 6) is 1.05. The van der Waals surface area contributed by atoms with Gasteiger partial charge in [0.25, 0.3) is 0 Å². The molecule has 0 fully saturated rings. The molecule has 80 valence electrons. The van der Waals surface area contributed by atoms with Crippen molar-refractivity contribution in [2.75, 3.05) is 5.32 Å². The molecule has 0 atom stereocenters. The Labute approximate surface area is 92.3 Å². The van der Waals surface area contributed by atoms with Crippen LogP contribution in [0.25, 0.3) is 0 Å². The van der Waals surface area contributed by atoms with Crippen LogP contribution in [-0.4, -0.2) is 19.1 Å². The predicted molar refractivity (Wildman–Crippen MR) is 59.8 cm³/mol. The molecular weight excluding hydrogens is 210 g/mol. The first-order valence-electron chi connectivity index (χ1n) is 4.91. The number of hydrogen-bond donors (Lipinski definition) is 1. The molecule has 0 amide bonds. The van der Waals surface area contributed by atoms with Gasteiger partial charge in [-0.1, -0.05) is 11.4 Å². The van der Waals surface area contributed by atoms with Gasteiger partial charge in [0.05, 0.1) is 12.7 Å². The van der Waals surface area contributed by atoms with Crippen molar-refractivity contribution < 1.29 is 0 Å². The van der Waals surface area contributed by atoms with Gasteiger partial charge in [0.1, 0.15) is 10.8 Å². The van der Waals surface area contributed by atoms with Crippen LogP contribution < -0.4 is 5.32 Å². The van der Waals surface area contributed by atoms with E-state index in [0.29, 0.717) is 0 Å². The lowest BCUT2D eigenvalue weighted by Crippen LogP contribution is -2.07. The molecule has 6 heteroatoms. The molecule has 2 rings (SSSR count). The number of rotatable bonds is 5. The number of aryl methyl sites for hydroxylation is 1. The van der Waals surface area contributed by atoms with Gasteiger partial charge in [0.15, 0.2) is 0 Å². The minimum absolute atomic E-state index is 0.719. The largest absolute Gasteiger partial charge is 0.367 e. The third-order valence-electron chi connectivity index (χ3n) is 2.05. The van der Waals surface area contributed by atoms with Crippen LogP contribution >= 0.6 is 11.5 Å². The predicted octanol–water partition coefficient (Wildman–Crippen LogP) is 1.76. The fourth-order valence-electron chi connectivity index (χ4n) is 1.36. The van der Waals surface area contributed by atoms with Crippen molar-refractivity contribution in [1.29, 1.82) is 0 Å². The van der Waals surface area contributed by atoms with Crippen LogP contribution in [0.15, 0.2) is 18.6 Å². The van der Waals surface area contributed by atoms with Crippen LogP contribution in [0.5, 0.6) is 0 Å². The second-order valence-corrected chi connectivity index (χ2v) is 3.96. The molecule has 0 spiro atoms. The number of nitrogens with zero attached hydrogens (tertiary/aromatic N) is 4. The summed E-state index contributed by atoms with van der Waals surface area (Å²) >= 11 is 1.35. The van der Waals surface area contributed by atoms with E-state index in [0.717, 1.165) is 30.3 Å². The van der Waals surface area contributed by atoms with E-state index in [1.54, 1.807) is 6.20 Å². The van der Waals surface area contributed by atoms with Gasteiger partial charge in [-0.15, -0.1) is 5.10 Å². The van der Waals surface area contributed by atoms with Gasteiger partial charge in [-0.05, 0) is 6.42 Å².